The Bertz CT molecular complexity index is 620. The van der Waals surface area contributed by atoms with Crippen LogP contribution in [0.15, 0.2) is 12.1 Å². The first-order chi connectivity index (χ1) is 12.5. The predicted molar refractivity (Wildman–Crippen MR) is 96.0 cm³/mol. The van der Waals surface area contributed by atoms with E-state index in [4.69, 9.17) is 19.3 Å². The second kappa shape index (κ2) is 9.31. The number of methoxy groups -OCH3 is 3. The van der Waals surface area contributed by atoms with Gasteiger partial charge in [-0.25, -0.2) is 0 Å². The molecule has 1 N–H and O–H groups in total. The molecule has 1 fully saturated rings. The van der Waals surface area contributed by atoms with E-state index in [0.29, 0.717) is 30.2 Å². The van der Waals surface area contributed by atoms with Crippen molar-refractivity contribution in [1.29, 1.82) is 0 Å². The van der Waals surface area contributed by atoms with Crippen LogP contribution >= 0.6 is 0 Å². The first-order valence-electron chi connectivity index (χ1n) is 8.80. The molecule has 7 heteroatoms. The van der Waals surface area contributed by atoms with Crippen molar-refractivity contribution in [2.75, 3.05) is 27.9 Å². The first kappa shape index (κ1) is 19.9. The summed E-state index contributed by atoms with van der Waals surface area (Å²) in [6.45, 7) is 0.674. The quantitative estimate of drug-likeness (QED) is 0.762. The van der Waals surface area contributed by atoms with Crippen molar-refractivity contribution in [3.63, 3.8) is 0 Å². The minimum absolute atomic E-state index is 0.00519. The lowest BCUT2D eigenvalue weighted by Crippen LogP contribution is -2.44. The van der Waals surface area contributed by atoms with Gasteiger partial charge in [0.1, 0.15) is 0 Å². The number of ether oxygens (including phenoxy) is 3. The average molecular weight is 365 g/mol. The van der Waals surface area contributed by atoms with Gasteiger partial charge in [0, 0.05) is 19.0 Å². The number of rotatable bonds is 8. The molecule has 1 amide bonds. The van der Waals surface area contributed by atoms with E-state index in [1.165, 1.54) is 21.3 Å². The molecule has 0 aliphatic carbocycles. The van der Waals surface area contributed by atoms with E-state index < -0.39 is 5.97 Å². The minimum Gasteiger partial charge on any atom is -0.493 e. The maximum absolute atomic E-state index is 12.8. The SMILES string of the molecule is COc1cc(CC(=O)N2CCCCC2CCC(=O)O)cc(OC)c1OC. The zero-order valence-electron chi connectivity index (χ0n) is 15.6. The summed E-state index contributed by atoms with van der Waals surface area (Å²) in [7, 11) is 4.61. The van der Waals surface area contributed by atoms with Crippen LogP contribution in [-0.2, 0) is 16.0 Å². The Morgan fingerprint density at radius 2 is 1.77 bits per heavy atom. The van der Waals surface area contributed by atoms with Crippen molar-refractivity contribution < 1.29 is 28.9 Å². The molecule has 1 saturated heterocycles. The molecule has 7 nitrogen and oxygen atoms in total. The number of benzene rings is 1. The summed E-state index contributed by atoms with van der Waals surface area (Å²) in [6.07, 6.45) is 3.62. The van der Waals surface area contributed by atoms with Crippen LogP contribution in [-0.4, -0.2) is 55.8 Å². The number of carboxylic acid groups (broad SMARTS) is 1. The van der Waals surface area contributed by atoms with Gasteiger partial charge in [0.05, 0.1) is 27.8 Å². The minimum atomic E-state index is -0.826. The van der Waals surface area contributed by atoms with Crippen LogP contribution in [0.5, 0.6) is 17.2 Å². The smallest absolute Gasteiger partial charge is 0.303 e. The number of hydrogen-bond acceptors (Lipinski definition) is 5. The summed E-state index contributed by atoms with van der Waals surface area (Å²) in [5, 5.41) is 8.93. The standard InChI is InChI=1S/C19H27NO6/c1-24-15-10-13(11-16(25-2)19(15)26-3)12-17(21)20-9-5-4-6-14(20)7-8-18(22)23/h10-11,14H,4-9,12H2,1-3H3,(H,22,23). The maximum atomic E-state index is 12.8. The number of aliphatic carboxylic acids is 1. The Morgan fingerprint density at radius 1 is 1.12 bits per heavy atom. The summed E-state index contributed by atoms with van der Waals surface area (Å²) < 4.78 is 16.0. The lowest BCUT2D eigenvalue weighted by Gasteiger charge is -2.36. The zero-order chi connectivity index (χ0) is 19.1. The van der Waals surface area contributed by atoms with Crippen LogP contribution in [0.2, 0.25) is 0 Å². The third-order valence-electron chi connectivity index (χ3n) is 4.72. The Hall–Kier alpha value is -2.44. The van der Waals surface area contributed by atoms with Gasteiger partial charge in [-0.15, -0.1) is 0 Å². The number of amides is 1. The molecule has 0 aromatic heterocycles. The predicted octanol–water partition coefficient (Wildman–Crippen LogP) is 2.50. The van der Waals surface area contributed by atoms with Gasteiger partial charge in [0.2, 0.25) is 11.7 Å². The van der Waals surface area contributed by atoms with Crippen LogP contribution in [0.25, 0.3) is 0 Å². The monoisotopic (exact) mass is 365 g/mol. The van der Waals surface area contributed by atoms with Crippen molar-refractivity contribution in [2.24, 2.45) is 0 Å². The first-order valence-corrected chi connectivity index (χ1v) is 8.80. The molecule has 1 atom stereocenters. The second-order valence-electron chi connectivity index (χ2n) is 6.38. The van der Waals surface area contributed by atoms with E-state index in [2.05, 4.69) is 0 Å². The van der Waals surface area contributed by atoms with Crippen LogP contribution in [0.4, 0.5) is 0 Å². The summed E-state index contributed by atoms with van der Waals surface area (Å²) in [5.74, 6) is 0.678. The molecule has 0 spiro atoms. The van der Waals surface area contributed by atoms with Crippen LogP contribution < -0.4 is 14.2 Å². The van der Waals surface area contributed by atoms with Crippen molar-refractivity contribution in [3.05, 3.63) is 17.7 Å². The number of nitrogens with zero attached hydrogens (tertiary/aromatic N) is 1. The highest BCUT2D eigenvalue weighted by Crippen LogP contribution is 2.38. The topological polar surface area (TPSA) is 85.3 Å². The summed E-state index contributed by atoms with van der Waals surface area (Å²) in [4.78, 5) is 25.5. The average Bonchev–Trinajstić information content (AvgIpc) is 2.65. The normalized spacial score (nSPS) is 16.9. The Morgan fingerprint density at radius 3 is 2.31 bits per heavy atom. The molecular formula is C19H27NO6. The third kappa shape index (κ3) is 4.80. The maximum Gasteiger partial charge on any atom is 0.303 e. The number of likely N-dealkylation sites (tertiary alicyclic amines) is 1. The summed E-state index contributed by atoms with van der Waals surface area (Å²) in [6, 6.07) is 3.54. The zero-order valence-corrected chi connectivity index (χ0v) is 15.6. The molecule has 1 aromatic carbocycles. The molecule has 1 unspecified atom stereocenters. The fourth-order valence-corrected chi connectivity index (χ4v) is 3.43. The van der Waals surface area contributed by atoms with E-state index in [9.17, 15) is 9.59 Å². The highest BCUT2D eigenvalue weighted by Gasteiger charge is 2.27. The van der Waals surface area contributed by atoms with Crippen LogP contribution in [0.3, 0.4) is 0 Å². The fraction of sp³-hybridized carbons (Fsp3) is 0.579. The fourth-order valence-electron chi connectivity index (χ4n) is 3.43. The van der Waals surface area contributed by atoms with Crippen molar-refractivity contribution in [2.45, 2.75) is 44.6 Å². The van der Waals surface area contributed by atoms with Gasteiger partial charge in [-0.3, -0.25) is 9.59 Å². The molecule has 1 aliphatic heterocycles. The van der Waals surface area contributed by atoms with Gasteiger partial charge in [-0.1, -0.05) is 0 Å². The molecule has 1 aliphatic rings. The van der Waals surface area contributed by atoms with Crippen molar-refractivity contribution >= 4 is 11.9 Å². The van der Waals surface area contributed by atoms with Crippen LogP contribution in [0, 0.1) is 0 Å². The van der Waals surface area contributed by atoms with E-state index >= 15 is 0 Å². The number of carbonyl (C=O) groups excluding carboxylic acids is 1. The molecule has 1 aromatic rings. The van der Waals surface area contributed by atoms with Gasteiger partial charge in [0.25, 0.3) is 0 Å². The number of hydrogen-bond donors (Lipinski definition) is 1. The molecular weight excluding hydrogens is 338 g/mol. The Labute approximate surface area is 153 Å². The van der Waals surface area contributed by atoms with Crippen molar-refractivity contribution in [1.82, 2.24) is 4.90 Å². The summed E-state index contributed by atoms with van der Waals surface area (Å²) >= 11 is 0. The molecule has 2 rings (SSSR count). The van der Waals surface area contributed by atoms with Crippen molar-refractivity contribution in [3.8, 4) is 17.2 Å². The molecule has 0 bridgehead atoms. The molecule has 0 saturated carbocycles. The molecule has 26 heavy (non-hydrogen) atoms. The van der Waals surface area contributed by atoms with E-state index in [0.717, 1.165) is 24.8 Å². The van der Waals surface area contributed by atoms with Crippen LogP contribution in [0.1, 0.15) is 37.7 Å². The van der Waals surface area contributed by atoms with Gasteiger partial charge >= 0.3 is 5.97 Å². The summed E-state index contributed by atoms with van der Waals surface area (Å²) in [5.41, 5.74) is 0.770. The molecule has 0 radical (unpaired) electrons. The van der Waals surface area contributed by atoms with E-state index in [1.54, 1.807) is 12.1 Å². The highest BCUT2D eigenvalue weighted by molar-refractivity contribution is 5.80. The van der Waals surface area contributed by atoms with Gasteiger partial charge in [0.15, 0.2) is 11.5 Å². The second-order valence-corrected chi connectivity index (χ2v) is 6.38. The van der Waals surface area contributed by atoms with E-state index in [-0.39, 0.29) is 24.8 Å². The van der Waals surface area contributed by atoms with Gasteiger partial charge in [-0.05, 0) is 43.4 Å². The lowest BCUT2D eigenvalue weighted by molar-refractivity contribution is -0.139. The van der Waals surface area contributed by atoms with E-state index in [1.807, 2.05) is 4.90 Å². The third-order valence-corrected chi connectivity index (χ3v) is 4.72. The largest absolute Gasteiger partial charge is 0.493 e. The Balaban J connectivity index is 2.15. The molecule has 1 heterocycles. The number of carboxylic acids is 1. The van der Waals surface area contributed by atoms with Gasteiger partial charge in [-0.2, -0.15) is 0 Å². The Kier molecular flexibility index (Phi) is 7.12. The molecule has 144 valence electrons. The lowest BCUT2D eigenvalue weighted by atomic mass is 9.97. The highest BCUT2D eigenvalue weighted by atomic mass is 16.5. The number of carbonyl (C=O) groups is 2. The number of piperidine rings is 1. The van der Waals surface area contributed by atoms with Gasteiger partial charge < -0.3 is 24.2 Å².